The van der Waals surface area contributed by atoms with Gasteiger partial charge in [-0.05, 0) is 12.8 Å². The number of carboxylic acid groups (broad SMARTS) is 2. The van der Waals surface area contributed by atoms with Crippen LogP contribution < -0.4 is 47.9 Å². The van der Waals surface area contributed by atoms with E-state index in [0.717, 1.165) is 12.8 Å². The zero-order chi connectivity index (χ0) is 12.5. The van der Waals surface area contributed by atoms with Gasteiger partial charge in [0.05, 0.1) is 0 Å². The number of allylic oxidation sites excluding steroid dienone is 8. The van der Waals surface area contributed by atoms with Crippen LogP contribution in [-0.2, 0) is 9.59 Å². The summed E-state index contributed by atoms with van der Waals surface area (Å²) in [6, 6.07) is 0. The molecule has 2 aliphatic rings. The summed E-state index contributed by atoms with van der Waals surface area (Å²) in [4.78, 5) is 16.5. The predicted molar refractivity (Wildman–Crippen MR) is 57.9 cm³/mol. The van der Waals surface area contributed by atoms with E-state index in [-0.39, 0.29) is 37.7 Å². The summed E-state index contributed by atoms with van der Waals surface area (Å²) < 4.78 is 0. The van der Waals surface area contributed by atoms with Gasteiger partial charge < -0.3 is 19.8 Å². The van der Waals surface area contributed by atoms with E-state index in [1.807, 2.05) is 0 Å². The first-order valence-corrected chi connectivity index (χ1v) is 4.58. The molecule has 0 aromatic heterocycles. The van der Waals surface area contributed by atoms with Gasteiger partial charge in [-0.15, -0.1) is 0 Å². The number of rotatable bonds is 0. The smallest absolute Gasteiger partial charge is 0.554 e. The van der Waals surface area contributed by atoms with Crippen LogP contribution in [0, 0.1) is 0 Å². The van der Waals surface area contributed by atoms with Crippen molar-refractivity contribution < 1.29 is 57.5 Å². The molecular formula is C12H14Li2O4. The molecule has 0 spiro atoms. The Bertz CT molecular complexity index is 223. The standard InChI is InChI=1S/2C5H6.2CH2O2.2Li/c2*1-2-4-5-3-1;2*2-1-3;;/h2*1-4H,5H2;2*1H,(H,2,3);;/q;;;;2*+1/p-2. The molecule has 0 aromatic carbocycles. The molecule has 0 saturated carbocycles. The molecule has 0 fully saturated rings. The van der Waals surface area contributed by atoms with Gasteiger partial charge >= 0.3 is 37.7 Å². The van der Waals surface area contributed by atoms with E-state index in [1.54, 1.807) is 0 Å². The van der Waals surface area contributed by atoms with Crippen LogP contribution >= 0.6 is 0 Å². The average Bonchev–Trinajstić information content (AvgIpc) is 3.00. The second-order valence-corrected chi connectivity index (χ2v) is 2.38. The molecular weight excluding hydrogens is 222 g/mol. The Labute approximate surface area is 132 Å². The SMILES string of the molecule is C1=CCC=C1.C1=CCC=C1.O=C[O-].O=C[O-].[Li+].[Li+]. The van der Waals surface area contributed by atoms with E-state index in [1.165, 1.54) is 0 Å². The van der Waals surface area contributed by atoms with Crippen molar-refractivity contribution in [2.75, 3.05) is 0 Å². The van der Waals surface area contributed by atoms with Crippen molar-refractivity contribution in [2.45, 2.75) is 12.8 Å². The Morgan fingerprint density at radius 3 is 0.889 bits per heavy atom. The van der Waals surface area contributed by atoms with Crippen LogP contribution in [0.15, 0.2) is 48.6 Å². The minimum Gasteiger partial charge on any atom is -0.554 e. The number of carbonyl (C=O) groups is 2. The summed E-state index contributed by atoms with van der Waals surface area (Å²) in [5.41, 5.74) is 0. The molecule has 0 aromatic rings. The van der Waals surface area contributed by atoms with Crippen LogP contribution in [0.25, 0.3) is 0 Å². The molecule has 0 radical (unpaired) electrons. The summed E-state index contributed by atoms with van der Waals surface area (Å²) >= 11 is 0. The quantitative estimate of drug-likeness (QED) is 0.309. The van der Waals surface area contributed by atoms with Crippen molar-refractivity contribution in [3.05, 3.63) is 48.6 Å². The molecule has 0 heterocycles. The maximum atomic E-state index is 8.25. The van der Waals surface area contributed by atoms with Crippen molar-refractivity contribution in [1.29, 1.82) is 0 Å². The monoisotopic (exact) mass is 236 g/mol. The Hall–Kier alpha value is -0.905. The molecule has 6 heteroatoms. The molecule has 2 rings (SSSR count). The van der Waals surface area contributed by atoms with Crippen LogP contribution in [0.1, 0.15) is 12.8 Å². The molecule has 0 atom stereocenters. The maximum Gasteiger partial charge on any atom is 1.00 e. The Morgan fingerprint density at radius 1 is 0.667 bits per heavy atom. The van der Waals surface area contributed by atoms with Gasteiger partial charge in [-0.3, -0.25) is 0 Å². The Kier molecular flexibility index (Phi) is 42.7. The van der Waals surface area contributed by atoms with Crippen molar-refractivity contribution in [3.8, 4) is 0 Å². The first-order chi connectivity index (χ1) is 7.83. The van der Waals surface area contributed by atoms with Gasteiger partial charge in [0.15, 0.2) is 0 Å². The van der Waals surface area contributed by atoms with Gasteiger partial charge in [-0.2, -0.15) is 0 Å². The fourth-order valence-electron chi connectivity index (χ4n) is 0.786. The third kappa shape index (κ3) is 36.3. The fourth-order valence-corrected chi connectivity index (χ4v) is 0.786. The molecule has 0 saturated heterocycles. The molecule has 2 aliphatic carbocycles. The minimum atomic E-state index is -0.500. The number of carbonyl (C=O) groups excluding carboxylic acids is 2. The summed E-state index contributed by atoms with van der Waals surface area (Å²) in [7, 11) is 0. The first-order valence-electron chi connectivity index (χ1n) is 4.58. The minimum absolute atomic E-state index is 0. The van der Waals surface area contributed by atoms with Crippen LogP contribution in [0.5, 0.6) is 0 Å². The van der Waals surface area contributed by atoms with E-state index < -0.39 is 12.9 Å². The fraction of sp³-hybridized carbons (Fsp3) is 0.167. The summed E-state index contributed by atoms with van der Waals surface area (Å²) in [5.74, 6) is 0. The Balaban J connectivity index is -0.0000000725. The van der Waals surface area contributed by atoms with Gasteiger partial charge in [-0.1, -0.05) is 48.6 Å². The van der Waals surface area contributed by atoms with E-state index >= 15 is 0 Å². The molecule has 0 unspecified atom stereocenters. The van der Waals surface area contributed by atoms with Gasteiger partial charge in [0.1, 0.15) is 0 Å². The predicted octanol–water partition coefficient (Wildman–Crippen LogP) is -6.25. The molecule has 0 amide bonds. The number of hydrogen-bond acceptors (Lipinski definition) is 4. The zero-order valence-corrected chi connectivity index (χ0v) is 10.8. The molecule has 0 N–H and O–H groups in total. The van der Waals surface area contributed by atoms with E-state index in [9.17, 15) is 0 Å². The van der Waals surface area contributed by atoms with E-state index in [4.69, 9.17) is 19.8 Å². The first kappa shape index (κ1) is 25.8. The normalized spacial score (nSPS) is 11.1. The van der Waals surface area contributed by atoms with Crippen molar-refractivity contribution >= 4 is 12.9 Å². The van der Waals surface area contributed by atoms with Crippen molar-refractivity contribution in [1.82, 2.24) is 0 Å². The van der Waals surface area contributed by atoms with Crippen LogP contribution in [0.3, 0.4) is 0 Å². The summed E-state index contributed by atoms with van der Waals surface area (Å²) in [5, 5.41) is 16.5. The second-order valence-electron chi connectivity index (χ2n) is 2.38. The Morgan fingerprint density at radius 2 is 0.833 bits per heavy atom. The van der Waals surface area contributed by atoms with Crippen LogP contribution in [0.2, 0.25) is 0 Å². The number of hydrogen-bond donors (Lipinski definition) is 0. The van der Waals surface area contributed by atoms with Gasteiger partial charge in [0, 0.05) is 12.9 Å². The van der Waals surface area contributed by atoms with Crippen molar-refractivity contribution in [2.24, 2.45) is 0 Å². The maximum absolute atomic E-state index is 8.25. The van der Waals surface area contributed by atoms with Crippen LogP contribution in [0.4, 0.5) is 0 Å². The van der Waals surface area contributed by atoms with Gasteiger partial charge in [-0.25, -0.2) is 0 Å². The zero-order valence-electron chi connectivity index (χ0n) is 10.8. The van der Waals surface area contributed by atoms with Crippen molar-refractivity contribution in [3.63, 3.8) is 0 Å². The average molecular weight is 236 g/mol. The van der Waals surface area contributed by atoms with Crippen LogP contribution in [-0.4, -0.2) is 12.9 Å². The molecule has 4 nitrogen and oxygen atoms in total. The third-order valence-corrected chi connectivity index (χ3v) is 1.31. The third-order valence-electron chi connectivity index (χ3n) is 1.31. The van der Waals surface area contributed by atoms with Gasteiger partial charge in [0.2, 0.25) is 0 Å². The molecule has 18 heavy (non-hydrogen) atoms. The molecule has 0 bridgehead atoms. The molecule has 0 aliphatic heterocycles. The second kappa shape index (κ2) is 29.8. The van der Waals surface area contributed by atoms with E-state index in [0.29, 0.717) is 0 Å². The largest absolute Gasteiger partial charge is 1.00 e. The topological polar surface area (TPSA) is 80.3 Å². The van der Waals surface area contributed by atoms with Gasteiger partial charge in [0.25, 0.3) is 0 Å². The van der Waals surface area contributed by atoms with E-state index in [2.05, 4.69) is 48.6 Å². The molecule has 88 valence electrons. The summed E-state index contributed by atoms with van der Waals surface area (Å²) in [6.45, 7) is -1.00. The summed E-state index contributed by atoms with van der Waals surface area (Å²) in [6.07, 6.45) is 19.0.